The molecule has 1 aliphatic rings. The molecule has 0 bridgehead atoms. The van der Waals surface area contributed by atoms with E-state index in [1.165, 1.54) is 0 Å². The zero-order valence-electron chi connectivity index (χ0n) is 8.20. The second-order valence-corrected chi connectivity index (χ2v) is 3.40. The first-order chi connectivity index (χ1) is 6.27. The molecule has 1 rings (SSSR count). The normalized spacial score (nSPS) is 26.7. The first kappa shape index (κ1) is 10.5. The number of ether oxygens (including phenoxy) is 1. The van der Waals surface area contributed by atoms with E-state index in [4.69, 9.17) is 16.9 Å². The van der Waals surface area contributed by atoms with Gasteiger partial charge in [0.15, 0.2) is 0 Å². The molecular formula is C10H18N2O. The number of terminal acetylenes is 1. The lowest BCUT2D eigenvalue weighted by Gasteiger charge is -2.34. The summed E-state index contributed by atoms with van der Waals surface area (Å²) in [5, 5.41) is 0. The van der Waals surface area contributed by atoms with Crippen LogP contribution < -0.4 is 5.73 Å². The molecule has 1 fully saturated rings. The Morgan fingerprint density at radius 2 is 2.54 bits per heavy atom. The molecule has 1 aliphatic heterocycles. The largest absolute Gasteiger partial charge is 0.373 e. The molecule has 2 atom stereocenters. The molecule has 0 saturated carbocycles. The first-order valence-corrected chi connectivity index (χ1v) is 4.83. The molecule has 0 aromatic heterocycles. The fraction of sp³-hybridized carbons (Fsp3) is 0.800. The highest BCUT2D eigenvalue weighted by atomic mass is 16.5. The molecule has 0 aromatic carbocycles. The van der Waals surface area contributed by atoms with Crippen LogP contribution in [0.1, 0.15) is 13.3 Å². The van der Waals surface area contributed by atoms with Crippen LogP contribution >= 0.6 is 0 Å². The highest BCUT2D eigenvalue weighted by Crippen LogP contribution is 2.07. The summed E-state index contributed by atoms with van der Waals surface area (Å²) in [6.45, 7) is 5.91. The van der Waals surface area contributed by atoms with E-state index in [0.29, 0.717) is 0 Å². The summed E-state index contributed by atoms with van der Waals surface area (Å²) in [6, 6.07) is -0.264. The molecule has 0 radical (unpaired) electrons. The Morgan fingerprint density at radius 1 is 1.77 bits per heavy atom. The summed E-state index contributed by atoms with van der Waals surface area (Å²) in [5.74, 6) is 2.52. The fourth-order valence-electron chi connectivity index (χ4n) is 1.58. The fourth-order valence-corrected chi connectivity index (χ4v) is 1.58. The molecular weight excluding hydrogens is 164 g/mol. The number of nitrogens with zero attached hydrogens (tertiary/aromatic N) is 1. The Bertz CT molecular complexity index is 186. The Morgan fingerprint density at radius 3 is 3.15 bits per heavy atom. The van der Waals surface area contributed by atoms with E-state index in [2.05, 4.69) is 17.7 Å². The van der Waals surface area contributed by atoms with Gasteiger partial charge in [-0.05, 0) is 13.0 Å². The van der Waals surface area contributed by atoms with Crippen molar-refractivity contribution in [3.05, 3.63) is 0 Å². The second-order valence-electron chi connectivity index (χ2n) is 3.40. The van der Waals surface area contributed by atoms with Crippen molar-refractivity contribution in [1.29, 1.82) is 0 Å². The van der Waals surface area contributed by atoms with Crippen molar-refractivity contribution < 1.29 is 4.74 Å². The minimum absolute atomic E-state index is 0.0188. The SMILES string of the molecule is C#CC(N)C1CN(CCC)CCO1. The maximum atomic E-state index is 5.72. The lowest BCUT2D eigenvalue weighted by molar-refractivity contribution is -0.0321. The zero-order valence-corrected chi connectivity index (χ0v) is 8.20. The number of hydrogen-bond donors (Lipinski definition) is 1. The van der Waals surface area contributed by atoms with Crippen LogP contribution in [0, 0.1) is 12.3 Å². The average molecular weight is 182 g/mol. The molecule has 2 unspecified atom stereocenters. The van der Waals surface area contributed by atoms with E-state index in [1.807, 2.05) is 0 Å². The van der Waals surface area contributed by atoms with Gasteiger partial charge >= 0.3 is 0 Å². The van der Waals surface area contributed by atoms with Crippen LogP contribution in [0.3, 0.4) is 0 Å². The van der Waals surface area contributed by atoms with Gasteiger partial charge in [-0.1, -0.05) is 12.8 Å². The van der Waals surface area contributed by atoms with Crippen molar-refractivity contribution in [2.45, 2.75) is 25.5 Å². The lowest BCUT2D eigenvalue weighted by Crippen LogP contribution is -2.50. The van der Waals surface area contributed by atoms with Crippen LogP contribution in [0.2, 0.25) is 0 Å². The van der Waals surface area contributed by atoms with E-state index in [-0.39, 0.29) is 12.1 Å². The predicted molar refractivity (Wildman–Crippen MR) is 53.3 cm³/mol. The van der Waals surface area contributed by atoms with Gasteiger partial charge in [0.05, 0.1) is 18.8 Å². The van der Waals surface area contributed by atoms with Crippen molar-refractivity contribution in [3.8, 4) is 12.3 Å². The molecule has 1 saturated heterocycles. The van der Waals surface area contributed by atoms with E-state index in [1.54, 1.807) is 0 Å². The monoisotopic (exact) mass is 182 g/mol. The van der Waals surface area contributed by atoms with Crippen LogP contribution in [-0.2, 0) is 4.74 Å². The third-order valence-electron chi connectivity index (χ3n) is 2.31. The molecule has 3 nitrogen and oxygen atoms in total. The third kappa shape index (κ3) is 3.00. The standard InChI is InChI=1S/C10H18N2O/c1-3-5-12-6-7-13-10(8-12)9(11)4-2/h2,9-10H,3,5-8,11H2,1H3. The van der Waals surface area contributed by atoms with E-state index in [9.17, 15) is 0 Å². The number of morpholine rings is 1. The van der Waals surface area contributed by atoms with Gasteiger partial charge in [0.25, 0.3) is 0 Å². The smallest absolute Gasteiger partial charge is 0.0965 e. The van der Waals surface area contributed by atoms with Gasteiger partial charge in [0, 0.05) is 13.1 Å². The third-order valence-corrected chi connectivity index (χ3v) is 2.31. The highest BCUT2D eigenvalue weighted by Gasteiger charge is 2.23. The summed E-state index contributed by atoms with van der Waals surface area (Å²) in [5.41, 5.74) is 5.72. The molecule has 13 heavy (non-hydrogen) atoms. The van der Waals surface area contributed by atoms with Crippen LogP contribution in [0.5, 0.6) is 0 Å². The summed E-state index contributed by atoms with van der Waals surface area (Å²) in [6.07, 6.45) is 6.43. The van der Waals surface area contributed by atoms with Gasteiger partial charge in [-0.3, -0.25) is 4.90 Å². The Balaban J connectivity index is 2.38. The Kier molecular flexibility index (Phi) is 4.23. The number of hydrogen-bond acceptors (Lipinski definition) is 3. The topological polar surface area (TPSA) is 38.5 Å². The zero-order chi connectivity index (χ0) is 9.68. The van der Waals surface area contributed by atoms with Crippen molar-refractivity contribution in [3.63, 3.8) is 0 Å². The summed E-state index contributed by atoms with van der Waals surface area (Å²) in [7, 11) is 0. The molecule has 0 amide bonds. The molecule has 0 spiro atoms. The van der Waals surface area contributed by atoms with Crippen LogP contribution in [0.15, 0.2) is 0 Å². The van der Waals surface area contributed by atoms with Crippen molar-refractivity contribution in [2.24, 2.45) is 5.73 Å². The van der Waals surface area contributed by atoms with E-state index in [0.717, 1.165) is 32.7 Å². The first-order valence-electron chi connectivity index (χ1n) is 4.83. The van der Waals surface area contributed by atoms with Crippen LogP contribution in [0.25, 0.3) is 0 Å². The van der Waals surface area contributed by atoms with Crippen LogP contribution in [0.4, 0.5) is 0 Å². The second kappa shape index (κ2) is 5.23. The maximum Gasteiger partial charge on any atom is 0.0965 e. The molecule has 0 aliphatic carbocycles. The molecule has 1 heterocycles. The van der Waals surface area contributed by atoms with Gasteiger partial charge < -0.3 is 10.5 Å². The minimum atomic E-state index is -0.264. The predicted octanol–water partition coefficient (Wildman–Crippen LogP) is 0.0577. The number of nitrogens with two attached hydrogens (primary N) is 1. The van der Waals surface area contributed by atoms with Crippen molar-refractivity contribution >= 4 is 0 Å². The van der Waals surface area contributed by atoms with Gasteiger partial charge in [0.2, 0.25) is 0 Å². The Labute approximate surface area is 80.2 Å². The minimum Gasteiger partial charge on any atom is -0.373 e. The van der Waals surface area contributed by atoms with Gasteiger partial charge in [-0.25, -0.2) is 0 Å². The quantitative estimate of drug-likeness (QED) is 0.627. The van der Waals surface area contributed by atoms with Gasteiger partial charge in [0.1, 0.15) is 0 Å². The van der Waals surface area contributed by atoms with Crippen LogP contribution in [-0.4, -0.2) is 43.3 Å². The molecule has 0 aromatic rings. The molecule has 74 valence electrons. The maximum absolute atomic E-state index is 5.72. The number of rotatable bonds is 3. The van der Waals surface area contributed by atoms with Crippen molar-refractivity contribution in [2.75, 3.05) is 26.2 Å². The summed E-state index contributed by atoms with van der Waals surface area (Å²) >= 11 is 0. The van der Waals surface area contributed by atoms with Crippen molar-refractivity contribution in [1.82, 2.24) is 4.90 Å². The van der Waals surface area contributed by atoms with Gasteiger partial charge in [-0.15, -0.1) is 6.42 Å². The summed E-state index contributed by atoms with van der Waals surface area (Å²) in [4.78, 5) is 2.35. The highest BCUT2D eigenvalue weighted by molar-refractivity contribution is 5.02. The van der Waals surface area contributed by atoms with E-state index < -0.39 is 0 Å². The Hall–Kier alpha value is -0.560. The van der Waals surface area contributed by atoms with E-state index >= 15 is 0 Å². The lowest BCUT2D eigenvalue weighted by atomic mass is 10.1. The molecule has 3 heteroatoms. The summed E-state index contributed by atoms with van der Waals surface area (Å²) < 4.78 is 5.50. The van der Waals surface area contributed by atoms with Gasteiger partial charge in [-0.2, -0.15) is 0 Å². The molecule has 2 N–H and O–H groups in total. The average Bonchev–Trinajstić information content (AvgIpc) is 2.18.